The smallest absolute Gasteiger partial charge is 0.0577 e. The van der Waals surface area contributed by atoms with E-state index in [-0.39, 0.29) is 6.04 Å². The van der Waals surface area contributed by atoms with E-state index in [1.807, 2.05) is 6.07 Å². The number of hydrogen-bond acceptors (Lipinski definition) is 1. The van der Waals surface area contributed by atoms with Crippen molar-refractivity contribution in [2.75, 3.05) is 6.54 Å². The van der Waals surface area contributed by atoms with E-state index >= 15 is 0 Å². The van der Waals surface area contributed by atoms with Gasteiger partial charge in [-0.25, -0.2) is 0 Å². The van der Waals surface area contributed by atoms with Crippen LogP contribution in [0, 0.1) is 13.8 Å². The van der Waals surface area contributed by atoms with Crippen LogP contribution >= 0.6 is 27.5 Å². The minimum atomic E-state index is 0.188. The monoisotopic (exact) mass is 351 g/mol. The zero-order chi connectivity index (χ0) is 14.7. The first-order valence-electron chi connectivity index (χ1n) is 6.78. The molecule has 0 aliphatic heterocycles. The molecule has 1 unspecified atom stereocenters. The van der Waals surface area contributed by atoms with Gasteiger partial charge in [0.05, 0.1) is 11.1 Å². The van der Waals surface area contributed by atoms with Crippen molar-refractivity contribution < 1.29 is 0 Å². The molecule has 0 aromatic heterocycles. The molecule has 106 valence electrons. The molecule has 0 spiro atoms. The van der Waals surface area contributed by atoms with Gasteiger partial charge in [-0.3, -0.25) is 0 Å². The predicted molar refractivity (Wildman–Crippen MR) is 90.6 cm³/mol. The van der Waals surface area contributed by atoms with E-state index in [2.05, 4.69) is 72.3 Å². The fourth-order valence-corrected chi connectivity index (χ4v) is 2.78. The normalized spacial score (nSPS) is 12.4. The van der Waals surface area contributed by atoms with Gasteiger partial charge in [-0.15, -0.1) is 0 Å². The molecule has 2 rings (SSSR count). The van der Waals surface area contributed by atoms with Crippen molar-refractivity contribution in [3.05, 3.63) is 68.1 Å². The van der Waals surface area contributed by atoms with Crippen LogP contribution in [0.2, 0.25) is 5.02 Å². The second kappa shape index (κ2) is 6.75. The molecule has 2 aromatic carbocycles. The Morgan fingerprint density at radius 3 is 2.30 bits per heavy atom. The van der Waals surface area contributed by atoms with E-state index in [1.165, 1.54) is 22.3 Å². The lowest BCUT2D eigenvalue weighted by molar-refractivity contribution is 0.630. The molecule has 0 heterocycles. The molecule has 0 bridgehead atoms. The average molecular weight is 353 g/mol. The van der Waals surface area contributed by atoms with Gasteiger partial charge >= 0.3 is 0 Å². The third kappa shape index (κ3) is 3.43. The largest absolute Gasteiger partial charge is 0.307 e. The highest BCUT2D eigenvalue weighted by Crippen LogP contribution is 2.29. The van der Waals surface area contributed by atoms with Gasteiger partial charge in [0, 0.05) is 4.47 Å². The van der Waals surface area contributed by atoms with Crippen LogP contribution in [0.5, 0.6) is 0 Å². The Morgan fingerprint density at radius 2 is 1.70 bits per heavy atom. The van der Waals surface area contributed by atoms with Crippen molar-refractivity contribution in [2.24, 2.45) is 0 Å². The highest BCUT2D eigenvalue weighted by molar-refractivity contribution is 9.10. The first kappa shape index (κ1) is 15.6. The molecule has 3 heteroatoms. The zero-order valence-electron chi connectivity index (χ0n) is 12.0. The molecule has 1 atom stereocenters. The minimum Gasteiger partial charge on any atom is -0.307 e. The van der Waals surface area contributed by atoms with Crippen LogP contribution in [-0.2, 0) is 0 Å². The Bertz CT molecular complexity index is 558. The van der Waals surface area contributed by atoms with Crippen molar-refractivity contribution >= 4 is 27.5 Å². The number of aryl methyl sites for hydroxylation is 2. The standard InChI is InChI=1S/C17H19BrClN/c1-4-20-17(13-6-5-11(2)12(3)9-13)14-7-8-16(19)15(18)10-14/h5-10,17,20H,4H2,1-3H3. The molecule has 0 saturated heterocycles. The molecular formula is C17H19BrClN. The van der Waals surface area contributed by atoms with E-state index in [0.29, 0.717) is 0 Å². The number of benzene rings is 2. The SMILES string of the molecule is CCNC(c1ccc(C)c(C)c1)c1ccc(Cl)c(Br)c1. The number of rotatable bonds is 4. The molecule has 2 aromatic rings. The quantitative estimate of drug-likeness (QED) is 0.775. The van der Waals surface area contributed by atoms with Gasteiger partial charge in [0.25, 0.3) is 0 Å². The Morgan fingerprint density at radius 1 is 1.05 bits per heavy atom. The van der Waals surface area contributed by atoms with Crippen LogP contribution in [0.4, 0.5) is 0 Å². The van der Waals surface area contributed by atoms with Gasteiger partial charge in [-0.05, 0) is 70.7 Å². The summed E-state index contributed by atoms with van der Waals surface area (Å²) < 4.78 is 0.934. The summed E-state index contributed by atoms with van der Waals surface area (Å²) in [4.78, 5) is 0. The molecule has 1 N–H and O–H groups in total. The van der Waals surface area contributed by atoms with Gasteiger partial charge in [0.2, 0.25) is 0 Å². The lowest BCUT2D eigenvalue weighted by atomic mass is 9.95. The Labute approximate surface area is 134 Å². The minimum absolute atomic E-state index is 0.188. The lowest BCUT2D eigenvalue weighted by Crippen LogP contribution is -2.22. The molecule has 0 aliphatic rings. The van der Waals surface area contributed by atoms with E-state index in [1.54, 1.807) is 0 Å². The summed E-state index contributed by atoms with van der Waals surface area (Å²) in [6, 6.07) is 12.9. The number of nitrogens with one attached hydrogen (secondary N) is 1. The first-order valence-corrected chi connectivity index (χ1v) is 7.95. The van der Waals surface area contributed by atoms with Crippen molar-refractivity contribution in [3.8, 4) is 0 Å². The molecule has 0 aliphatic carbocycles. The maximum absolute atomic E-state index is 6.09. The predicted octanol–water partition coefficient (Wildman–Crippen LogP) is 5.42. The Kier molecular flexibility index (Phi) is 5.25. The zero-order valence-corrected chi connectivity index (χ0v) is 14.3. The summed E-state index contributed by atoms with van der Waals surface area (Å²) in [6.07, 6.45) is 0. The first-order chi connectivity index (χ1) is 9.52. The van der Waals surface area contributed by atoms with Crippen molar-refractivity contribution in [2.45, 2.75) is 26.8 Å². The van der Waals surface area contributed by atoms with E-state index in [9.17, 15) is 0 Å². The fraction of sp³-hybridized carbons (Fsp3) is 0.294. The van der Waals surface area contributed by atoms with E-state index < -0.39 is 0 Å². The highest BCUT2D eigenvalue weighted by Gasteiger charge is 2.14. The molecule has 1 nitrogen and oxygen atoms in total. The van der Waals surface area contributed by atoms with Crippen molar-refractivity contribution in [1.82, 2.24) is 5.32 Å². The second-order valence-corrected chi connectivity index (χ2v) is 6.27. The summed E-state index contributed by atoms with van der Waals surface area (Å²) in [5.74, 6) is 0. The fourth-order valence-electron chi connectivity index (χ4n) is 2.27. The molecular weight excluding hydrogens is 334 g/mol. The Hall–Kier alpha value is -0.830. The van der Waals surface area contributed by atoms with E-state index in [0.717, 1.165) is 16.0 Å². The maximum Gasteiger partial charge on any atom is 0.0577 e. The van der Waals surface area contributed by atoms with Gasteiger partial charge in [0.1, 0.15) is 0 Å². The highest BCUT2D eigenvalue weighted by atomic mass is 79.9. The van der Waals surface area contributed by atoms with Crippen molar-refractivity contribution in [1.29, 1.82) is 0 Å². The molecule has 0 saturated carbocycles. The summed E-state index contributed by atoms with van der Waals surface area (Å²) >= 11 is 9.59. The van der Waals surface area contributed by atoms with Gasteiger partial charge in [0.15, 0.2) is 0 Å². The number of hydrogen-bond donors (Lipinski definition) is 1. The van der Waals surface area contributed by atoms with E-state index in [4.69, 9.17) is 11.6 Å². The average Bonchev–Trinajstić information content (AvgIpc) is 2.43. The molecule has 0 fully saturated rings. The molecule has 0 radical (unpaired) electrons. The lowest BCUT2D eigenvalue weighted by Gasteiger charge is -2.20. The summed E-state index contributed by atoms with van der Waals surface area (Å²) in [5.41, 5.74) is 5.13. The van der Waals surface area contributed by atoms with Gasteiger partial charge in [-0.2, -0.15) is 0 Å². The van der Waals surface area contributed by atoms with Crippen LogP contribution in [0.15, 0.2) is 40.9 Å². The van der Waals surface area contributed by atoms with Crippen LogP contribution in [0.1, 0.15) is 35.2 Å². The van der Waals surface area contributed by atoms with Gasteiger partial charge < -0.3 is 5.32 Å². The number of halogens is 2. The van der Waals surface area contributed by atoms with Crippen LogP contribution < -0.4 is 5.32 Å². The topological polar surface area (TPSA) is 12.0 Å². The van der Waals surface area contributed by atoms with Crippen LogP contribution in [0.25, 0.3) is 0 Å². The summed E-state index contributed by atoms with van der Waals surface area (Å²) in [7, 11) is 0. The molecule has 0 amide bonds. The molecule has 20 heavy (non-hydrogen) atoms. The third-order valence-electron chi connectivity index (χ3n) is 3.55. The third-order valence-corrected chi connectivity index (χ3v) is 4.76. The summed E-state index contributed by atoms with van der Waals surface area (Å²) in [5, 5.41) is 4.28. The second-order valence-electron chi connectivity index (χ2n) is 5.01. The van der Waals surface area contributed by atoms with Crippen LogP contribution in [-0.4, -0.2) is 6.54 Å². The van der Waals surface area contributed by atoms with Crippen LogP contribution in [0.3, 0.4) is 0 Å². The van der Waals surface area contributed by atoms with Gasteiger partial charge in [-0.1, -0.05) is 42.8 Å². The Balaban J connectivity index is 2.44. The van der Waals surface area contributed by atoms with Crippen molar-refractivity contribution in [3.63, 3.8) is 0 Å². The maximum atomic E-state index is 6.09. The summed E-state index contributed by atoms with van der Waals surface area (Å²) in [6.45, 7) is 7.33.